The van der Waals surface area contributed by atoms with Crippen molar-refractivity contribution in [2.75, 3.05) is 0 Å². The molecule has 1 heterocycles. The zero-order valence-electron chi connectivity index (χ0n) is 12.3. The summed E-state index contributed by atoms with van der Waals surface area (Å²) in [6, 6.07) is 15.4. The average Bonchev–Trinajstić information content (AvgIpc) is 2.61. The molecule has 1 N–H and O–H groups in total. The van der Waals surface area contributed by atoms with Crippen LogP contribution in [0, 0.1) is 0 Å². The van der Waals surface area contributed by atoms with Crippen molar-refractivity contribution in [1.82, 2.24) is 4.98 Å². The highest BCUT2D eigenvalue weighted by Gasteiger charge is 2.18. The molecule has 0 aliphatic heterocycles. The van der Waals surface area contributed by atoms with Crippen LogP contribution in [-0.4, -0.2) is 16.1 Å². The molecular formula is C19H15NO2S. The van der Waals surface area contributed by atoms with Crippen molar-refractivity contribution in [2.45, 2.75) is 11.4 Å². The van der Waals surface area contributed by atoms with E-state index in [9.17, 15) is 9.90 Å². The van der Waals surface area contributed by atoms with E-state index >= 15 is 0 Å². The van der Waals surface area contributed by atoms with E-state index in [1.165, 1.54) is 11.8 Å². The number of hydrogen-bond donors (Lipinski definition) is 1. The molecule has 0 unspecified atom stereocenters. The highest BCUT2D eigenvalue weighted by Crippen LogP contribution is 2.33. The fourth-order valence-electron chi connectivity index (χ4n) is 2.38. The molecule has 3 rings (SSSR count). The fraction of sp³-hybridized carbons (Fsp3) is 0.0526. The van der Waals surface area contributed by atoms with E-state index in [0.717, 1.165) is 21.7 Å². The molecular weight excluding hydrogens is 306 g/mol. The van der Waals surface area contributed by atoms with Crippen LogP contribution in [0.25, 0.3) is 5.57 Å². The van der Waals surface area contributed by atoms with Gasteiger partial charge in [0.1, 0.15) is 5.03 Å². The average molecular weight is 321 g/mol. The molecule has 0 atom stereocenters. The molecule has 23 heavy (non-hydrogen) atoms. The van der Waals surface area contributed by atoms with E-state index in [4.69, 9.17) is 0 Å². The molecule has 1 aliphatic rings. The highest BCUT2D eigenvalue weighted by atomic mass is 32.2. The molecule has 0 spiro atoms. The lowest BCUT2D eigenvalue weighted by molar-refractivity contribution is -0.132. The molecule has 1 aromatic heterocycles. The Bertz CT molecular complexity index is 793. The largest absolute Gasteiger partial charge is 0.478 e. The van der Waals surface area contributed by atoms with Crippen LogP contribution in [0.2, 0.25) is 0 Å². The molecule has 0 radical (unpaired) electrons. The summed E-state index contributed by atoms with van der Waals surface area (Å²) in [6.45, 7) is 0. The number of pyridine rings is 1. The summed E-state index contributed by atoms with van der Waals surface area (Å²) in [7, 11) is 0. The number of aromatic nitrogens is 1. The summed E-state index contributed by atoms with van der Waals surface area (Å²) in [6.07, 6.45) is 5.90. The molecule has 0 fully saturated rings. The second-order valence-electron chi connectivity index (χ2n) is 5.05. The predicted molar refractivity (Wildman–Crippen MR) is 92.9 cm³/mol. The predicted octanol–water partition coefficient (Wildman–Crippen LogP) is 4.56. The van der Waals surface area contributed by atoms with Crippen molar-refractivity contribution in [3.8, 4) is 0 Å². The molecule has 0 saturated heterocycles. The number of allylic oxidation sites excluding steroid dienone is 3. The smallest absolute Gasteiger partial charge is 0.335 e. The van der Waals surface area contributed by atoms with Crippen LogP contribution >= 0.6 is 11.8 Å². The zero-order valence-corrected chi connectivity index (χ0v) is 13.2. The summed E-state index contributed by atoms with van der Waals surface area (Å²) < 4.78 is 0. The third-order valence-electron chi connectivity index (χ3n) is 3.49. The van der Waals surface area contributed by atoms with E-state index in [2.05, 4.69) is 4.98 Å². The normalized spacial score (nSPS) is 15.9. The molecule has 0 bridgehead atoms. The van der Waals surface area contributed by atoms with Gasteiger partial charge >= 0.3 is 5.97 Å². The van der Waals surface area contributed by atoms with Crippen LogP contribution in [0.4, 0.5) is 0 Å². The Labute approximate surface area is 139 Å². The van der Waals surface area contributed by atoms with Crippen LogP contribution in [-0.2, 0) is 4.79 Å². The van der Waals surface area contributed by atoms with Gasteiger partial charge in [-0.3, -0.25) is 0 Å². The van der Waals surface area contributed by atoms with Crippen LogP contribution in [0.5, 0.6) is 0 Å². The Balaban J connectivity index is 1.87. The van der Waals surface area contributed by atoms with Crippen molar-refractivity contribution >= 4 is 23.3 Å². The first-order chi connectivity index (χ1) is 11.2. The Morgan fingerprint density at radius 2 is 1.87 bits per heavy atom. The van der Waals surface area contributed by atoms with Crippen molar-refractivity contribution in [3.05, 3.63) is 89.0 Å². The van der Waals surface area contributed by atoms with Crippen LogP contribution in [0.3, 0.4) is 0 Å². The summed E-state index contributed by atoms with van der Waals surface area (Å²) in [4.78, 5) is 15.8. The van der Waals surface area contributed by atoms with E-state index in [1.807, 2.05) is 60.0 Å². The first-order valence-corrected chi connectivity index (χ1v) is 8.08. The summed E-state index contributed by atoms with van der Waals surface area (Å²) in [5.41, 5.74) is 3.22. The SMILES string of the molecule is O=C(O)C1=C(c2ccccc2)CC(=CSc2ccccn2)C=C1. The van der Waals surface area contributed by atoms with Crippen LogP contribution in [0.1, 0.15) is 12.0 Å². The maximum Gasteiger partial charge on any atom is 0.335 e. The third kappa shape index (κ3) is 3.79. The maximum absolute atomic E-state index is 11.5. The molecule has 0 amide bonds. The van der Waals surface area contributed by atoms with Crippen molar-refractivity contribution in [3.63, 3.8) is 0 Å². The molecule has 3 nitrogen and oxygen atoms in total. The van der Waals surface area contributed by atoms with Gasteiger partial charge in [-0.15, -0.1) is 0 Å². The minimum Gasteiger partial charge on any atom is -0.478 e. The van der Waals surface area contributed by atoms with Gasteiger partial charge in [0.05, 0.1) is 5.57 Å². The summed E-state index contributed by atoms with van der Waals surface area (Å²) in [5.74, 6) is -0.892. The Kier molecular flexibility index (Phi) is 4.74. The minimum absolute atomic E-state index is 0.358. The van der Waals surface area contributed by atoms with Gasteiger partial charge < -0.3 is 5.11 Å². The highest BCUT2D eigenvalue weighted by molar-refractivity contribution is 8.02. The summed E-state index contributed by atoms with van der Waals surface area (Å²) >= 11 is 1.54. The Morgan fingerprint density at radius 3 is 2.57 bits per heavy atom. The van der Waals surface area contributed by atoms with E-state index in [0.29, 0.717) is 12.0 Å². The number of carboxylic acid groups (broad SMARTS) is 1. The van der Waals surface area contributed by atoms with Gasteiger partial charge in [0.2, 0.25) is 0 Å². The number of rotatable bonds is 4. The van der Waals surface area contributed by atoms with Gasteiger partial charge in [0.25, 0.3) is 0 Å². The standard InChI is InChI=1S/C19H15NO2S/c21-19(22)16-10-9-14(13-23-18-8-4-5-11-20-18)12-17(16)15-6-2-1-3-7-15/h1-11,13H,12H2,(H,21,22). The number of thioether (sulfide) groups is 1. The number of benzene rings is 1. The number of carboxylic acids is 1. The van der Waals surface area contributed by atoms with Gasteiger partial charge in [0, 0.05) is 6.20 Å². The van der Waals surface area contributed by atoms with Crippen LogP contribution < -0.4 is 0 Å². The minimum atomic E-state index is -0.892. The molecule has 0 saturated carbocycles. The Hall–Kier alpha value is -2.59. The quantitative estimate of drug-likeness (QED) is 0.839. The molecule has 2 aromatic rings. The monoisotopic (exact) mass is 321 g/mol. The van der Waals surface area contributed by atoms with Gasteiger partial charge in [-0.1, -0.05) is 54.2 Å². The maximum atomic E-state index is 11.5. The topological polar surface area (TPSA) is 50.2 Å². The number of hydrogen-bond acceptors (Lipinski definition) is 3. The van der Waals surface area contributed by atoms with Crippen molar-refractivity contribution < 1.29 is 9.90 Å². The van der Waals surface area contributed by atoms with Crippen molar-refractivity contribution in [2.24, 2.45) is 0 Å². The first kappa shape index (κ1) is 15.3. The Morgan fingerprint density at radius 1 is 1.09 bits per heavy atom. The summed E-state index contributed by atoms with van der Waals surface area (Å²) in [5, 5.41) is 12.4. The number of carbonyl (C=O) groups is 1. The van der Waals surface area contributed by atoms with Gasteiger partial charge in [-0.2, -0.15) is 0 Å². The molecule has 4 heteroatoms. The van der Waals surface area contributed by atoms with E-state index < -0.39 is 5.97 Å². The number of nitrogens with zero attached hydrogens (tertiary/aromatic N) is 1. The number of aliphatic carboxylic acids is 1. The molecule has 1 aliphatic carbocycles. The third-order valence-corrected chi connectivity index (χ3v) is 4.40. The lowest BCUT2D eigenvalue weighted by Gasteiger charge is -2.16. The van der Waals surface area contributed by atoms with Crippen LogP contribution in [0.15, 0.2) is 88.5 Å². The fourth-order valence-corrected chi connectivity index (χ4v) is 3.09. The van der Waals surface area contributed by atoms with Crippen molar-refractivity contribution in [1.29, 1.82) is 0 Å². The van der Waals surface area contributed by atoms with E-state index in [1.54, 1.807) is 12.3 Å². The lowest BCUT2D eigenvalue weighted by Crippen LogP contribution is -2.06. The lowest BCUT2D eigenvalue weighted by atomic mass is 9.89. The molecule has 114 valence electrons. The molecule has 1 aromatic carbocycles. The zero-order chi connectivity index (χ0) is 16.1. The van der Waals surface area contributed by atoms with Gasteiger partial charge in [-0.25, -0.2) is 9.78 Å². The first-order valence-electron chi connectivity index (χ1n) is 7.21. The van der Waals surface area contributed by atoms with Gasteiger partial charge in [-0.05, 0) is 46.7 Å². The second-order valence-corrected chi connectivity index (χ2v) is 5.94. The van der Waals surface area contributed by atoms with Gasteiger partial charge in [0.15, 0.2) is 0 Å². The second kappa shape index (κ2) is 7.11. The van der Waals surface area contributed by atoms with E-state index in [-0.39, 0.29) is 0 Å².